The molecular weight excluding hydrogens is 403 g/mol. The monoisotopic (exact) mass is 430 g/mol. The molecule has 27 heavy (non-hydrogen) atoms. The van der Waals surface area contributed by atoms with Crippen LogP contribution in [0, 0.1) is 6.92 Å². The predicted octanol–water partition coefficient (Wildman–Crippen LogP) is 3.46. The number of piperidine rings is 1. The van der Waals surface area contributed by atoms with Gasteiger partial charge in [-0.2, -0.15) is 0 Å². The molecule has 4 heterocycles. The highest BCUT2D eigenvalue weighted by Crippen LogP contribution is 2.29. The fourth-order valence-corrected chi connectivity index (χ4v) is 4.95. The number of imidazole rings is 1. The number of hydrogen-bond acceptors (Lipinski definition) is 4. The Hall–Kier alpha value is -0.950. The van der Waals surface area contributed by atoms with Crippen molar-refractivity contribution in [1.82, 2.24) is 19.6 Å². The number of hydrogen-bond donors (Lipinski definition) is 1. The van der Waals surface area contributed by atoms with Crippen LogP contribution in [-0.2, 0) is 10.5 Å². The molecular formula is C19H28Cl2N4OS. The van der Waals surface area contributed by atoms with Crippen molar-refractivity contribution in [2.24, 2.45) is 0 Å². The highest BCUT2D eigenvalue weighted by molar-refractivity contribution is 7.99. The summed E-state index contributed by atoms with van der Waals surface area (Å²) in [6.45, 7) is 2.08. The summed E-state index contributed by atoms with van der Waals surface area (Å²) in [6, 6.07) is 5.75. The van der Waals surface area contributed by atoms with Gasteiger partial charge in [0.1, 0.15) is 5.65 Å². The number of carbonyl (C=O) groups excluding carboxylic acids is 1. The van der Waals surface area contributed by atoms with E-state index in [-0.39, 0.29) is 30.7 Å². The molecule has 1 amide bonds. The molecule has 2 saturated heterocycles. The van der Waals surface area contributed by atoms with Crippen molar-refractivity contribution in [2.45, 2.75) is 56.5 Å². The van der Waals surface area contributed by atoms with E-state index in [9.17, 15) is 4.79 Å². The van der Waals surface area contributed by atoms with E-state index in [0.717, 1.165) is 29.9 Å². The number of pyridine rings is 1. The van der Waals surface area contributed by atoms with Gasteiger partial charge in [-0.3, -0.25) is 4.79 Å². The molecule has 0 radical (unpaired) electrons. The van der Waals surface area contributed by atoms with Crippen molar-refractivity contribution in [1.29, 1.82) is 0 Å². The number of aromatic nitrogens is 2. The highest BCUT2D eigenvalue weighted by atomic mass is 35.5. The molecule has 2 atom stereocenters. The highest BCUT2D eigenvalue weighted by Gasteiger charge is 2.36. The van der Waals surface area contributed by atoms with Crippen molar-refractivity contribution in [2.75, 3.05) is 12.8 Å². The van der Waals surface area contributed by atoms with E-state index in [1.807, 2.05) is 18.0 Å². The normalized spacial score (nSPS) is 23.6. The van der Waals surface area contributed by atoms with E-state index < -0.39 is 0 Å². The number of nitrogens with zero attached hydrogens (tertiary/aromatic N) is 3. The van der Waals surface area contributed by atoms with E-state index in [4.69, 9.17) is 0 Å². The number of nitrogens with one attached hydrogen (secondary N) is 1. The Labute approximate surface area is 177 Å². The van der Waals surface area contributed by atoms with Crippen molar-refractivity contribution in [3.8, 4) is 0 Å². The lowest BCUT2D eigenvalue weighted by Gasteiger charge is -2.35. The second kappa shape index (κ2) is 9.50. The molecule has 0 spiro atoms. The van der Waals surface area contributed by atoms with Gasteiger partial charge < -0.3 is 14.6 Å². The maximum atomic E-state index is 12.5. The number of carbonyl (C=O) groups is 1. The molecule has 8 heteroatoms. The SMILES string of the molecule is Cc1ccc2nc(CSCC(=O)N(C)C3CC4CCC(C3)N4)cn2c1.Cl.Cl. The summed E-state index contributed by atoms with van der Waals surface area (Å²) in [7, 11) is 1.98. The van der Waals surface area contributed by atoms with Gasteiger partial charge >= 0.3 is 0 Å². The average molecular weight is 431 g/mol. The summed E-state index contributed by atoms with van der Waals surface area (Å²) >= 11 is 1.66. The van der Waals surface area contributed by atoms with E-state index in [0.29, 0.717) is 23.9 Å². The Kier molecular flexibility index (Phi) is 7.86. The first kappa shape index (κ1) is 22.3. The van der Waals surface area contributed by atoms with Crippen LogP contribution in [0.15, 0.2) is 24.5 Å². The van der Waals surface area contributed by atoms with Crippen LogP contribution < -0.4 is 5.32 Å². The van der Waals surface area contributed by atoms with Crippen LogP contribution in [0.3, 0.4) is 0 Å². The Morgan fingerprint density at radius 2 is 1.96 bits per heavy atom. The maximum Gasteiger partial charge on any atom is 0.232 e. The third-order valence-corrected chi connectivity index (χ3v) is 6.46. The third kappa shape index (κ3) is 5.11. The summed E-state index contributed by atoms with van der Waals surface area (Å²) in [5, 5.41) is 3.64. The Morgan fingerprint density at radius 3 is 2.67 bits per heavy atom. The van der Waals surface area contributed by atoms with Gasteiger partial charge in [-0.15, -0.1) is 36.6 Å². The molecule has 2 unspecified atom stereocenters. The predicted molar refractivity (Wildman–Crippen MR) is 116 cm³/mol. The summed E-state index contributed by atoms with van der Waals surface area (Å²) in [6.07, 6.45) is 8.90. The van der Waals surface area contributed by atoms with Gasteiger partial charge in [0.15, 0.2) is 0 Å². The zero-order chi connectivity index (χ0) is 17.4. The van der Waals surface area contributed by atoms with Gasteiger partial charge in [0.25, 0.3) is 0 Å². The molecule has 2 bridgehead atoms. The molecule has 4 rings (SSSR count). The molecule has 0 aromatic carbocycles. The molecule has 1 N–H and O–H groups in total. The molecule has 2 aliphatic rings. The number of fused-ring (bicyclic) bond motifs is 3. The minimum atomic E-state index is 0. The van der Waals surface area contributed by atoms with Crippen LogP contribution in [0.2, 0.25) is 0 Å². The smallest absolute Gasteiger partial charge is 0.232 e. The van der Waals surface area contributed by atoms with Gasteiger partial charge in [-0.1, -0.05) is 6.07 Å². The van der Waals surface area contributed by atoms with Gasteiger partial charge in [0.05, 0.1) is 11.4 Å². The average Bonchev–Trinajstić information content (AvgIpc) is 3.15. The zero-order valence-corrected chi connectivity index (χ0v) is 18.2. The molecule has 2 aromatic heterocycles. The van der Waals surface area contributed by atoms with Crippen molar-refractivity contribution in [3.63, 3.8) is 0 Å². The minimum absolute atomic E-state index is 0. The minimum Gasteiger partial charge on any atom is -0.342 e. The number of halogens is 2. The van der Waals surface area contributed by atoms with Crippen molar-refractivity contribution >= 4 is 48.1 Å². The number of aryl methyl sites for hydroxylation is 1. The zero-order valence-electron chi connectivity index (χ0n) is 15.8. The van der Waals surface area contributed by atoms with E-state index in [2.05, 4.69) is 40.1 Å². The standard InChI is InChI=1S/C19H26N4OS.2ClH/c1-13-3-6-18-21-16(10-23(18)9-13)11-25-12-19(24)22(2)17-7-14-4-5-15(8-17)20-14;;/h3,6,9-10,14-15,17,20H,4-5,7-8,11-12H2,1-2H3;2*1H. The molecule has 0 saturated carbocycles. The van der Waals surface area contributed by atoms with Crippen molar-refractivity contribution < 1.29 is 4.79 Å². The van der Waals surface area contributed by atoms with Crippen LogP contribution >= 0.6 is 36.6 Å². The maximum absolute atomic E-state index is 12.5. The number of thioether (sulfide) groups is 1. The van der Waals surface area contributed by atoms with E-state index in [1.54, 1.807) is 11.8 Å². The van der Waals surface area contributed by atoms with E-state index >= 15 is 0 Å². The Morgan fingerprint density at radius 1 is 1.26 bits per heavy atom. The summed E-state index contributed by atoms with van der Waals surface area (Å²) in [5.41, 5.74) is 3.22. The summed E-state index contributed by atoms with van der Waals surface area (Å²) in [5.74, 6) is 1.55. The quantitative estimate of drug-likeness (QED) is 0.788. The largest absolute Gasteiger partial charge is 0.342 e. The van der Waals surface area contributed by atoms with Gasteiger partial charge in [0, 0.05) is 43.3 Å². The van der Waals surface area contributed by atoms with E-state index in [1.165, 1.54) is 18.4 Å². The van der Waals surface area contributed by atoms with Gasteiger partial charge in [-0.05, 0) is 44.2 Å². The Bertz CT molecular complexity index is 772. The van der Waals surface area contributed by atoms with Crippen LogP contribution in [-0.4, -0.2) is 51.1 Å². The van der Waals surface area contributed by atoms with Gasteiger partial charge in [0.2, 0.25) is 5.91 Å². The molecule has 0 aliphatic carbocycles. The fourth-order valence-electron chi connectivity index (χ4n) is 4.12. The second-order valence-corrected chi connectivity index (χ2v) is 8.45. The van der Waals surface area contributed by atoms with Gasteiger partial charge in [-0.25, -0.2) is 4.98 Å². The lowest BCUT2D eigenvalue weighted by molar-refractivity contribution is -0.129. The molecule has 150 valence electrons. The van der Waals surface area contributed by atoms with Crippen LogP contribution in [0.5, 0.6) is 0 Å². The first-order valence-electron chi connectivity index (χ1n) is 9.12. The molecule has 2 fully saturated rings. The topological polar surface area (TPSA) is 49.6 Å². The number of amides is 1. The van der Waals surface area contributed by atoms with Crippen LogP contribution in [0.25, 0.3) is 5.65 Å². The molecule has 5 nitrogen and oxygen atoms in total. The summed E-state index contributed by atoms with van der Waals surface area (Å²) < 4.78 is 2.06. The summed E-state index contributed by atoms with van der Waals surface area (Å²) in [4.78, 5) is 19.2. The molecule has 2 aromatic rings. The van der Waals surface area contributed by atoms with Crippen LogP contribution in [0.1, 0.15) is 36.9 Å². The second-order valence-electron chi connectivity index (χ2n) is 7.46. The first-order chi connectivity index (χ1) is 12.1. The Balaban J connectivity index is 0.00000131. The lowest BCUT2D eigenvalue weighted by atomic mass is 9.98. The third-order valence-electron chi connectivity index (χ3n) is 5.51. The number of rotatable bonds is 5. The first-order valence-corrected chi connectivity index (χ1v) is 10.3. The fraction of sp³-hybridized carbons (Fsp3) is 0.579. The lowest BCUT2D eigenvalue weighted by Crippen LogP contribution is -2.49. The van der Waals surface area contributed by atoms with Crippen LogP contribution in [0.4, 0.5) is 0 Å². The molecule has 2 aliphatic heterocycles. The van der Waals surface area contributed by atoms with Crippen molar-refractivity contribution in [3.05, 3.63) is 35.8 Å².